The van der Waals surface area contributed by atoms with E-state index in [-0.39, 0.29) is 0 Å². The molecule has 1 aromatic carbocycles. The summed E-state index contributed by atoms with van der Waals surface area (Å²) in [5, 5.41) is 0. The first-order valence-electron chi connectivity index (χ1n) is 4.58. The average Bonchev–Trinajstić information content (AvgIpc) is 2.19. The molecule has 13 heavy (non-hydrogen) atoms. The third-order valence-corrected chi connectivity index (χ3v) is 2.43. The molecule has 0 aliphatic carbocycles. The third-order valence-electron chi connectivity index (χ3n) is 2.01. The molecule has 1 aromatic rings. The van der Waals surface area contributed by atoms with Crippen LogP contribution >= 0.6 is 11.6 Å². The Hall–Kier alpha value is -0.750. The molecule has 0 saturated carbocycles. The molecular weight excluding hydrogens is 180 g/mol. The highest BCUT2D eigenvalue weighted by Crippen LogP contribution is 2.09. The lowest BCUT2D eigenvalue weighted by Gasteiger charge is -1.98. The zero-order valence-corrected chi connectivity index (χ0v) is 8.93. The van der Waals surface area contributed by atoms with Crippen LogP contribution < -0.4 is 0 Å². The van der Waals surface area contributed by atoms with Gasteiger partial charge < -0.3 is 0 Å². The maximum absolute atomic E-state index is 5.69. The molecule has 0 N–H and O–H groups in total. The van der Waals surface area contributed by atoms with E-state index in [4.69, 9.17) is 11.6 Å². The van der Waals surface area contributed by atoms with Gasteiger partial charge in [-0.3, -0.25) is 0 Å². The van der Waals surface area contributed by atoms with E-state index in [0.29, 0.717) is 5.88 Å². The second kappa shape index (κ2) is 5.08. The molecule has 0 aliphatic rings. The standard InChI is InChI=1S/C12H15Cl/c1-3-11-4-6-12(7-5-11)8-10(2)9-13/h4-8H,3,9H2,1-2H3/b10-8-. The van der Waals surface area contributed by atoms with E-state index in [2.05, 4.69) is 37.3 Å². The molecular formula is C12H15Cl. The number of alkyl halides is 1. The number of allylic oxidation sites excluding steroid dienone is 1. The normalized spacial score (nSPS) is 11.8. The molecule has 0 aromatic heterocycles. The zero-order valence-electron chi connectivity index (χ0n) is 8.18. The van der Waals surface area contributed by atoms with Crippen LogP contribution in [0.5, 0.6) is 0 Å². The third kappa shape index (κ3) is 3.23. The van der Waals surface area contributed by atoms with E-state index >= 15 is 0 Å². The molecule has 0 nitrogen and oxygen atoms in total. The Labute approximate surface area is 85.2 Å². The number of hydrogen-bond acceptors (Lipinski definition) is 0. The van der Waals surface area contributed by atoms with Crippen molar-refractivity contribution in [1.29, 1.82) is 0 Å². The lowest BCUT2D eigenvalue weighted by atomic mass is 10.1. The van der Waals surface area contributed by atoms with Crippen molar-refractivity contribution >= 4 is 17.7 Å². The van der Waals surface area contributed by atoms with Crippen LogP contribution in [0.2, 0.25) is 0 Å². The van der Waals surface area contributed by atoms with Crippen LogP contribution in [0.3, 0.4) is 0 Å². The smallest absolute Gasteiger partial charge is 0.0434 e. The summed E-state index contributed by atoms with van der Waals surface area (Å²) in [4.78, 5) is 0. The van der Waals surface area contributed by atoms with E-state index in [1.807, 2.05) is 6.92 Å². The summed E-state index contributed by atoms with van der Waals surface area (Å²) < 4.78 is 0. The number of hydrogen-bond donors (Lipinski definition) is 0. The Morgan fingerprint density at radius 3 is 2.38 bits per heavy atom. The fraction of sp³-hybridized carbons (Fsp3) is 0.333. The molecule has 0 atom stereocenters. The molecule has 0 amide bonds. The van der Waals surface area contributed by atoms with Crippen molar-refractivity contribution in [3.8, 4) is 0 Å². The second-order valence-electron chi connectivity index (χ2n) is 3.22. The van der Waals surface area contributed by atoms with Gasteiger partial charge in [-0.1, -0.05) is 42.8 Å². The number of rotatable bonds is 3. The van der Waals surface area contributed by atoms with E-state index < -0.39 is 0 Å². The largest absolute Gasteiger partial charge is 0.122 e. The highest BCUT2D eigenvalue weighted by Gasteiger charge is 1.91. The lowest BCUT2D eigenvalue weighted by Crippen LogP contribution is -1.81. The molecule has 0 heterocycles. The van der Waals surface area contributed by atoms with E-state index in [1.165, 1.54) is 16.7 Å². The molecule has 0 saturated heterocycles. The van der Waals surface area contributed by atoms with Crippen molar-refractivity contribution in [3.63, 3.8) is 0 Å². The van der Waals surface area contributed by atoms with Crippen LogP contribution in [0.15, 0.2) is 29.8 Å². The van der Waals surface area contributed by atoms with Crippen LogP contribution in [-0.2, 0) is 6.42 Å². The summed E-state index contributed by atoms with van der Waals surface area (Å²) in [5.41, 5.74) is 3.81. The van der Waals surface area contributed by atoms with Crippen molar-refractivity contribution < 1.29 is 0 Å². The molecule has 0 fully saturated rings. The predicted octanol–water partition coefficient (Wildman–Crippen LogP) is 3.89. The summed E-state index contributed by atoms with van der Waals surface area (Å²) >= 11 is 5.69. The molecule has 0 bridgehead atoms. The molecule has 0 radical (unpaired) electrons. The fourth-order valence-electron chi connectivity index (χ4n) is 1.17. The Balaban J connectivity index is 2.80. The van der Waals surface area contributed by atoms with E-state index in [1.54, 1.807) is 0 Å². The monoisotopic (exact) mass is 194 g/mol. The van der Waals surface area contributed by atoms with E-state index in [9.17, 15) is 0 Å². The molecule has 0 spiro atoms. The highest BCUT2D eigenvalue weighted by molar-refractivity contribution is 6.19. The van der Waals surface area contributed by atoms with Gasteiger partial charge in [-0.05, 0) is 24.5 Å². The van der Waals surface area contributed by atoms with Gasteiger partial charge in [0.1, 0.15) is 0 Å². The lowest BCUT2D eigenvalue weighted by molar-refractivity contribution is 1.14. The minimum Gasteiger partial charge on any atom is -0.122 e. The van der Waals surface area contributed by atoms with Crippen molar-refractivity contribution in [2.45, 2.75) is 20.3 Å². The van der Waals surface area contributed by atoms with Crippen LogP contribution in [0.4, 0.5) is 0 Å². The van der Waals surface area contributed by atoms with Crippen molar-refractivity contribution in [2.24, 2.45) is 0 Å². The van der Waals surface area contributed by atoms with Gasteiger partial charge in [0, 0.05) is 5.88 Å². The van der Waals surface area contributed by atoms with Gasteiger partial charge in [0.25, 0.3) is 0 Å². The topological polar surface area (TPSA) is 0 Å². The quantitative estimate of drug-likeness (QED) is 0.641. The maximum Gasteiger partial charge on any atom is 0.0434 e. The number of aryl methyl sites for hydroxylation is 1. The van der Waals surface area contributed by atoms with Gasteiger partial charge in [-0.25, -0.2) is 0 Å². The summed E-state index contributed by atoms with van der Waals surface area (Å²) in [5.74, 6) is 0.607. The number of benzene rings is 1. The van der Waals surface area contributed by atoms with Gasteiger partial charge in [0.15, 0.2) is 0 Å². The van der Waals surface area contributed by atoms with Crippen molar-refractivity contribution in [2.75, 3.05) is 5.88 Å². The summed E-state index contributed by atoms with van der Waals surface area (Å²) in [6.07, 6.45) is 3.21. The van der Waals surface area contributed by atoms with Gasteiger partial charge in [0.2, 0.25) is 0 Å². The Bertz CT molecular complexity index is 282. The van der Waals surface area contributed by atoms with Crippen LogP contribution in [0, 0.1) is 0 Å². The minimum absolute atomic E-state index is 0.607. The molecule has 70 valence electrons. The Morgan fingerprint density at radius 1 is 1.31 bits per heavy atom. The molecule has 1 rings (SSSR count). The Morgan fingerprint density at radius 2 is 1.92 bits per heavy atom. The summed E-state index contributed by atoms with van der Waals surface area (Å²) in [6.45, 7) is 4.20. The molecule has 1 heteroatoms. The first-order valence-corrected chi connectivity index (χ1v) is 5.11. The highest BCUT2D eigenvalue weighted by atomic mass is 35.5. The first kappa shape index (κ1) is 10.3. The summed E-state index contributed by atoms with van der Waals surface area (Å²) in [6, 6.07) is 8.59. The van der Waals surface area contributed by atoms with Crippen molar-refractivity contribution in [1.82, 2.24) is 0 Å². The minimum atomic E-state index is 0.607. The first-order chi connectivity index (χ1) is 6.26. The van der Waals surface area contributed by atoms with Crippen LogP contribution in [0.1, 0.15) is 25.0 Å². The molecule has 0 unspecified atom stereocenters. The number of halogens is 1. The van der Waals surface area contributed by atoms with Gasteiger partial charge in [-0.15, -0.1) is 11.6 Å². The van der Waals surface area contributed by atoms with Gasteiger partial charge in [-0.2, -0.15) is 0 Å². The maximum atomic E-state index is 5.69. The zero-order chi connectivity index (χ0) is 9.68. The summed E-state index contributed by atoms with van der Waals surface area (Å²) in [7, 11) is 0. The SMILES string of the molecule is CCc1ccc(/C=C(/C)CCl)cc1. The Kier molecular flexibility index (Phi) is 4.04. The average molecular weight is 195 g/mol. The predicted molar refractivity (Wildman–Crippen MR) is 60.2 cm³/mol. The molecule has 0 aliphatic heterocycles. The fourth-order valence-corrected chi connectivity index (χ4v) is 1.25. The van der Waals surface area contributed by atoms with Crippen LogP contribution in [-0.4, -0.2) is 5.88 Å². The van der Waals surface area contributed by atoms with E-state index in [0.717, 1.165) is 6.42 Å². The second-order valence-corrected chi connectivity index (χ2v) is 3.49. The van der Waals surface area contributed by atoms with Crippen LogP contribution in [0.25, 0.3) is 6.08 Å². The van der Waals surface area contributed by atoms with Gasteiger partial charge >= 0.3 is 0 Å². The van der Waals surface area contributed by atoms with Crippen molar-refractivity contribution in [3.05, 3.63) is 41.0 Å². The van der Waals surface area contributed by atoms with Gasteiger partial charge in [0.05, 0.1) is 0 Å².